The van der Waals surface area contributed by atoms with E-state index in [1.165, 1.54) is 11.1 Å². The van der Waals surface area contributed by atoms with Gasteiger partial charge in [0.05, 0.1) is 49.8 Å². The highest BCUT2D eigenvalue weighted by Crippen LogP contribution is 2.37. The summed E-state index contributed by atoms with van der Waals surface area (Å²) in [6.07, 6.45) is 0. The number of imidazole rings is 4. The third-order valence-corrected chi connectivity index (χ3v) is 9.36. The molecule has 0 atom stereocenters. The maximum absolute atomic E-state index is 5.38. The van der Waals surface area contributed by atoms with Crippen molar-refractivity contribution in [3.8, 4) is 22.5 Å². The molecule has 0 radical (unpaired) electrons. The molecule has 46 heavy (non-hydrogen) atoms. The number of para-hydroxylation sites is 6. The first-order valence-corrected chi connectivity index (χ1v) is 15.6. The molecular weight excluding hydrogens is 564 g/mol. The lowest BCUT2D eigenvalue weighted by atomic mass is 10.0. The summed E-state index contributed by atoms with van der Waals surface area (Å²) in [6, 6.07) is 47.4. The lowest BCUT2D eigenvalue weighted by molar-refractivity contribution is 1.09. The Bertz CT molecular complexity index is 2840. The van der Waals surface area contributed by atoms with Crippen LogP contribution in [0.1, 0.15) is 11.1 Å². The van der Waals surface area contributed by atoms with Gasteiger partial charge in [0.1, 0.15) is 0 Å². The third-order valence-electron chi connectivity index (χ3n) is 9.36. The van der Waals surface area contributed by atoms with Gasteiger partial charge in [-0.25, -0.2) is 9.97 Å². The van der Waals surface area contributed by atoms with Gasteiger partial charge in [0.15, 0.2) is 0 Å². The first-order valence-electron chi connectivity index (χ1n) is 15.6. The molecule has 0 unspecified atom stereocenters. The largest absolute Gasteiger partial charge is 0.278 e. The van der Waals surface area contributed by atoms with Gasteiger partial charge in [-0.15, -0.1) is 0 Å². The van der Waals surface area contributed by atoms with Gasteiger partial charge in [0.2, 0.25) is 11.6 Å². The van der Waals surface area contributed by atoms with Crippen LogP contribution in [0.3, 0.4) is 0 Å². The second-order valence-electron chi connectivity index (χ2n) is 12.1. The Kier molecular flexibility index (Phi) is 5.04. The molecule has 0 fully saturated rings. The first kappa shape index (κ1) is 25.2. The molecule has 10 aromatic rings. The molecule has 6 heteroatoms. The number of hydrogen-bond donors (Lipinski definition) is 0. The summed E-state index contributed by atoms with van der Waals surface area (Å²) in [5.41, 5.74) is 15.5. The van der Waals surface area contributed by atoms with Crippen LogP contribution in [0.4, 0.5) is 0 Å². The van der Waals surface area contributed by atoms with Crippen LogP contribution in [-0.2, 0) is 0 Å². The molecule has 0 saturated heterocycles. The van der Waals surface area contributed by atoms with Crippen LogP contribution >= 0.6 is 0 Å². The number of benzene rings is 6. The highest BCUT2D eigenvalue weighted by molar-refractivity contribution is 6.01. The minimum Gasteiger partial charge on any atom is -0.278 e. The summed E-state index contributed by atoms with van der Waals surface area (Å²) in [4.78, 5) is 10.5. The minimum atomic E-state index is 0.907. The van der Waals surface area contributed by atoms with Gasteiger partial charge in [-0.05, 0) is 91.2 Å². The summed E-state index contributed by atoms with van der Waals surface area (Å²) < 4.78 is 9.16. The van der Waals surface area contributed by atoms with Crippen LogP contribution in [0.25, 0.3) is 78.2 Å². The van der Waals surface area contributed by atoms with Crippen molar-refractivity contribution in [2.45, 2.75) is 13.8 Å². The Morgan fingerprint density at radius 1 is 0.478 bits per heavy atom. The summed E-state index contributed by atoms with van der Waals surface area (Å²) in [7, 11) is 0. The minimum absolute atomic E-state index is 0.907. The lowest BCUT2D eigenvalue weighted by Gasteiger charge is -2.09. The van der Waals surface area contributed by atoms with Crippen molar-refractivity contribution in [2.24, 2.45) is 0 Å². The average Bonchev–Trinajstić information content (AvgIpc) is 3.81. The van der Waals surface area contributed by atoms with Gasteiger partial charge in [-0.1, -0.05) is 72.8 Å². The Morgan fingerprint density at radius 3 is 2.04 bits per heavy atom. The Morgan fingerprint density at radius 2 is 1.17 bits per heavy atom. The quantitative estimate of drug-likeness (QED) is 0.205. The summed E-state index contributed by atoms with van der Waals surface area (Å²) in [5.74, 6) is 1.82. The number of aromatic nitrogens is 6. The number of hydrogen-bond acceptors (Lipinski definition) is 2. The second-order valence-corrected chi connectivity index (χ2v) is 12.1. The molecule has 4 heterocycles. The van der Waals surface area contributed by atoms with Gasteiger partial charge in [0, 0.05) is 11.3 Å². The molecule has 10 rings (SSSR count). The fourth-order valence-electron chi connectivity index (χ4n) is 7.30. The van der Waals surface area contributed by atoms with Crippen LogP contribution in [-0.4, -0.2) is 27.9 Å². The Labute approximate surface area is 264 Å². The van der Waals surface area contributed by atoms with Crippen LogP contribution in [0.15, 0.2) is 133 Å². The number of fused-ring (bicyclic) bond motifs is 10. The van der Waals surface area contributed by atoms with Crippen molar-refractivity contribution in [3.05, 3.63) is 145 Å². The van der Waals surface area contributed by atoms with Gasteiger partial charge in [-0.2, -0.15) is 0 Å². The molecule has 0 spiro atoms. The SMILES string of the molecule is Cc1cccc(-n2c3ccccc3n3c4cccc(-c5ccc6c(c5)n5c7ccccc7nc5n6-c5ccccc5C)c4nc23)c1. The van der Waals surface area contributed by atoms with Crippen LogP contribution in [0.2, 0.25) is 0 Å². The molecule has 0 bridgehead atoms. The van der Waals surface area contributed by atoms with Crippen molar-refractivity contribution in [1.82, 2.24) is 27.9 Å². The number of nitrogens with zero attached hydrogens (tertiary/aromatic N) is 6. The van der Waals surface area contributed by atoms with Crippen LogP contribution in [0.5, 0.6) is 0 Å². The van der Waals surface area contributed by atoms with E-state index in [-0.39, 0.29) is 0 Å². The summed E-state index contributed by atoms with van der Waals surface area (Å²) in [6.45, 7) is 4.29. The molecule has 0 amide bonds. The van der Waals surface area contributed by atoms with Crippen molar-refractivity contribution in [3.63, 3.8) is 0 Å². The molecule has 6 aromatic carbocycles. The van der Waals surface area contributed by atoms with E-state index in [2.05, 4.69) is 165 Å². The van der Waals surface area contributed by atoms with E-state index in [1.807, 2.05) is 0 Å². The normalized spacial score (nSPS) is 12.1. The maximum Gasteiger partial charge on any atom is 0.220 e. The molecule has 0 aliphatic rings. The van der Waals surface area contributed by atoms with Gasteiger partial charge in [0.25, 0.3) is 0 Å². The van der Waals surface area contributed by atoms with Crippen molar-refractivity contribution >= 4 is 55.7 Å². The highest BCUT2D eigenvalue weighted by atomic mass is 15.2. The van der Waals surface area contributed by atoms with Gasteiger partial charge in [-0.3, -0.25) is 17.9 Å². The van der Waals surface area contributed by atoms with E-state index in [4.69, 9.17) is 9.97 Å². The standard InChI is InChI=1S/C40H28N6/c1-25-11-9-13-28(23-25)43-33-18-7-8-19-34(33)46-36-20-10-14-29(38(36)42-40(43)46)27-21-22-35-37(24-27)45-32-17-6-4-15-30(32)41-39(45)44(35)31-16-5-3-12-26(31)2/h3-24H,1-2H3. The predicted octanol–water partition coefficient (Wildman–Crippen LogP) is 9.46. The Hall–Kier alpha value is -6.14. The summed E-state index contributed by atoms with van der Waals surface area (Å²) >= 11 is 0. The molecule has 0 aliphatic carbocycles. The molecule has 0 saturated carbocycles. The smallest absolute Gasteiger partial charge is 0.220 e. The fraction of sp³-hybridized carbons (Fsp3) is 0.0500. The first-order chi connectivity index (χ1) is 22.7. The fourth-order valence-corrected chi connectivity index (χ4v) is 7.30. The van der Waals surface area contributed by atoms with E-state index in [1.54, 1.807) is 0 Å². The molecule has 218 valence electrons. The van der Waals surface area contributed by atoms with Gasteiger partial charge >= 0.3 is 0 Å². The van der Waals surface area contributed by atoms with Crippen LogP contribution < -0.4 is 0 Å². The third kappa shape index (κ3) is 3.35. The zero-order valence-corrected chi connectivity index (χ0v) is 25.4. The van der Waals surface area contributed by atoms with E-state index in [0.717, 1.165) is 78.2 Å². The van der Waals surface area contributed by atoms with E-state index in [0.29, 0.717) is 0 Å². The maximum atomic E-state index is 5.38. The zero-order chi connectivity index (χ0) is 30.5. The lowest BCUT2D eigenvalue weighted by Crippen LogP contribution is -1.97. The molecule has 6 nitrogen and oxygen atoms in total. The monoisotopic (exact) mass is 592 g/mol. The summed E-state index contributed by atoms with van der Waals surface area (Å²) in [5, 5.41) is 0. The zero-order valence-electron chi connectivity index (χ0n) is 25.4. The predicted molar refractivity (Wildman–Crippen MR) is 188 cm³/mol. The molecule has 0 aliphatic heterocycles. The highest BCUT2D eigenvalue weighted by Gasteiger charge is 2.22. The van der Waals surface area contributed by atoms with E-state index < -0.39 is 0 Å². The van der Waals surface area contributed by atoms with E-state index in [9.17, 15) is 0 Å². The van der Waals surface area contributed by atoms with Crippen molar-refractivity contribution < 1.29 is 0 Å². The van der Waals surface area contributed by atoms with Crippen molar-refractivity contribution in [2.75, 3.05) is 0 Å². The van der Waals surface area contributed by atoms with Crippen LogP contribution in [0, 0.1) is 13.8 Å². The second kappa shape index (κ2) is 9.19. The topological polar surface area (TPSA) is 44.5 Å². The number of rotatable bonds is 3. The Balaban J connectivity index is 1.28. The van der Waals surface area contributed by atoms with Crippen molar-refractivity contribution in [1.29, 1.82) is 0 Å². The van der Waals surface area contributed by atoms with E-state index >= 15 is 0 Å². The van der Waals surface area contributed by atoms with Gasteiger partial charge < -0.3 is 0 Å². The molecular formula is C40H28N6. The molecule has 0 N–H and O–H groups in total. The number of aryl methyl sites for hydroxylation is 2. The average molecular weight is 593 g/mol. The molecule has 4 aromatic heterocycles.